The molecule has 0 bridgehead atoms. The van der Waals surface area contributed by atoms with Gasteiger partial charge < -0.3 is 10.1 Å². The number of para-hydroxylation sites is 2. The van der Waals surface area contributed by atoms with Crippen LogP contribution in [0.4, 0.5) is 0 Å². The molecular weight excluding hydrogens is 318 g/mol. The van der Waals surface area contributed by atoms with Crippen molar-refractivity contribution in [2.45, 2.75) is 57.6 Å². The number of carbonyl (C=O) groups excluding carboxylic acids is 2. The van der Waals surface area contributed by atoms with Crippen molar-refractivity contribution in [1.29, 1.82) is 0 Å². The average molecular weight is 341 g/mol. The highest BCUT2D eigenvalue weighted by molar-refractivity contribution is 5.92. The van der Waals surface area contributed by atoms with Gasteiger partial charge in [0, 0.05) is 6.04 Å². The summed E-state index contributed by atoms with van der Waals surface area (Å²) in [5.74, 6) is -0.893. The largest absolute Gasteiger partial charge is 0.448 e. The van der Waals surface area contributed by atoms with Gasteiger partial charge >= 0.3 is 5.97 Å². The van der Waals surface area contributed by atoms with Gasteiger partial charge in [0.05, 0.1) is 17.2 Å². The Morgan fingerprint density at radius 3 is 2.52 bits per heavy atom. The van der Waals surface area contributed by atoms with E-state index >= 15 is 0 Å². The minimum Gasteiger partial charge on any atom is -0.448 e. The molecule has 2 aromatic rings. The Bertz CT molecular complexity index is 754. The lowest BCUT2D eigenvalue weighted by Gasteiger charge is -2.19. The second-order valence-corrected chi connectivity index (χ2v) is 6.49. The van der Waals surface area contributed by atoms with Gasteiger partial charge in [-0.05, 0) is 31.9 Å². The molecule has 1 saturated carbocycles. The second kappa shape index (κ2) is 8.05. The molecule has 6 nitrogen and oxygen atoms in total. The molecule has 0 saturated heterocycles. The van der Waals surface area contributed by atoms with E-state index < -0.39 is 12.1 Å². The van der Waals surface area contributed by atoms with Crippen LogP contribution in [0.15, 0.2) is 30.5 Å². The molecule has 1 amide bonds. The van der Waals surface area contributed by atoms with Gasteiger partial charge in [-0.25, -0.2) is 9.78 Å². The molecule has 1 aromatic carbocycles. The number of hydrogen-bond acceptors (Lipinski definition) is 5. The van der Waals surface area contributed by atoms with Crippen LogP contribution in [0.5, 0.6) is 0 Å². The fraction of sp³-hybridized carbons (Fsp3) is 0.474. The van der Waals surface area contributed by atoms with Crippen molar-refractivity contribution >= 4 is 22.9 Å². The van der Waals surface area contributed by atoms with E-state index in [1.165, 1.54) is 19.0 Å². The van der Waals surface area contributed by atoms with Gasteiger partial charge in [-0.1, -0.05) is 37.8 Å². The molecule has 0 unspecified atom stereocenters. The van der Waals surface area contributed by atoms with Crippen LogP contribution in [-0.2, 0) is 9.53 Å². The molecule has 0 aliphatic heterocycles. The zero-order valence-corrected chi connectivity index (χ0v) is 14.4. The number of fused-ring (bicyclic) bond motifs is 1. The van der Waals surface area contributed by atoms with Crippen LogP contribution in [0.25, 0.3) is 11.0 Å². The second-order valence-electron chi connectivity index (χ2n) is 6.49. The first-order chi connectivity index (χ1) is 12.1. The van der Waals surface area contributed by atoms with Gasteiger partial charge in [-0.3, -0.25) is 9.78 Å². The number of nitrogens with zero attached hydrogens (tertiary/aromatic N) is 2. The summed E-state index contributed by atoms with van der Waals surface area (Å²) in [6.07, 6.45) is 7.20. The van der Waals surface area contributed by atoms with Gasteiger partial charge in [-0.2, -0.15) is 0 Å². The molecule has 1 fully saturated rings. The van der Waals surface area contributed by atoms with Crippen LogP contribution >= 0.6 is 0 Å². The average Bonchev–Trinajstić information content (AvgIpc) is 2.89. The van der Waals surface area contributed by atoms with Crippen molar-refractivity contribution in [1.82, 2.24) is 15.3 Å². The highest BCUT2D eigenvalue weighted by Gasteiger charge is 2.23. The lowest BCUT2D eigenvalue weighted by atomic mass is 10.1. The SMILES string of the molecule is C[C@H](OC(=O)c1cnc2ccccc2n1)C(=O)NC1CCCCCC1. The molecule has 1 atom stereocenters. The summed E-state index contributed by atoms with van der Waals surface area (Å²) in [5.41, 5.74) is 1.43. The summed E-state index contributed by atoms with van der Waals surface area (Å²) < 4.78 is 5.27. The Kier molecular flexibility index (Phi) is 5.58. The lowest BCUT2D eigenvalue weighted by molar-refractivity contribution is -0.129. The van der Waals surface area contributed by atoms with Crippen molar-refractivity contribution in [3.8, 4) is 0 Å². The van der Waals surface area contributed by atoms with Gasteiger partial charge in [0.2, 0.25) is 0 Å². The van der Waals surface area contributed by atoms with E-state index in [1.807, 2.05) is 18.2 Å². The maximum Gasteiger partial charge on any atom is 0.359 e. The Balaban J connectivity index is 1.59. The summed E-state index contributed by atoms with van der Waals surface area (Å²) >= 11 is 0. The first kappa shape index (κ1) is 17.3. The summed E-state index contributed by atoms with van der Waals surface area (Å²) in [7, 11) is 0. The topological polar surface area (TPSA) is 81.2 Å². The molecule has 0 spiro atoms. The van der Waals surface area contributed by atoms with Crippen LogP contribution < -0.4 is 5.32 Å². The highest BCUT2D eigenvalue weighted by Crippen LogP contribution is 2.17. The van der Waals surface area contributed by atoms with Crippen LogP contribution in [0.2, 0.25) is 0 Å². The van der Waals surface area contributed by atoms with E-state index in [1.54, 1.807) is 13.0 Å². The quantitative estimate of drug-likeness (QED) is 0.683. The lowest BCUT2D eigenvalue weighted by Crippen LogP contribution is -2.41. The number of nitrogens with one attached hydrogen (secondary N) is 1. The number of hydrogen-bond donors (Lipinski definition) is 1. The minimum absolute atomic E-state index is 0.104. The molecule has 25 heavy (non-hydrogen) atoms. The van der Waals surface area contributed by atoms with Crippen molar-refractivity contribution in [3.63, 3.8) is 0 Å². The van der Waals surface area contributed by atoms with Crippen molar-refractivity contribution < 1.29 is 14.3 Å². The van der Waals surface area contributed by atoms with Crippen molar-refractivity contribution in [3.05, 3.63) is 36.2 Å². The van der Waals surface area contributed by atoms with Gasteiger partial charge in [-0.15, -0.1) is 0 Å². The Morgan fingerprint density at radius 2 is 1.80 bits per heavy atom. The standard InChI is InChI=1S/C19H23N3O3/c1-13(18(23)21-14-8-4-2-3-5-9-14)25-19(24)17-12-20-15-10-6-7-11-16(15)22-17/h6-7,10-14H,2-5,8-9H2,1H3,(H,21,23)/t13-/m0/s1. The van der Waals surface area contributed by atoms with E-state index in [-0.39, 0.29) is 17.6 Å². The van der Waals surface area contributed by atoms with Crippen LogP contribution in [0.1, 0.15) is 55.9 Å². The highest BCUT2D eigenvalue weighted by atomic mass is 16.5. The summed E-state index contributed by atoms with van der Waals surface area (Å²) in [4.78, 5) is 33.0. The summed E-state index contributed by atoms with van der Waals surface area (Å²) in [6.45, 7) is 1.58. The van der Waals surface area contributed by atoms with Crippen molar-refractivity contribution in [2.75, 3.05) is 0 Å². The van der Waals surface area contributed by atoms with Gasteiger partial charge in [0.25, 0.3) is 5.91 Å². The van der Waals surface area contributed by atoms with Crippen molar-refractivity contribution in [2.24, 2.45) is 0 Å². The van der Waals surface area contributed by atoms with Gasteiger partial charge in [0.1, 0.15) is 0 Å². The zero-order chi connectivity index (χ0) is 17.6. The van der Waals surface area contributed by atoms with Crippen LogP contribution in [0.3, 0.4) is 0 Å². The molecule has 1 heterocycles. The maximum absolute atomic E-state index is 12.3. The predicted octanol–water partition coefficient (Wildman–Crippen LogP) is 3.01. The van der Waals surface area contributed by atoms with E-state index in [2.05, 4.69) is 15.3 Å². The fourth-order valence-electron chi connectivity index (χ4n) is 3.07. The Morgan fingerprint density at radius 1 is 1.12 bits per heavy atom. The Labute approximate surface area is 147 Å². The number of aromatic nitrogens is 2. The maximum atomic E-state index is 12.3. The molecule has 132 valence electrons. The van der Waals surface area contributed by atoms with Crippen LogP contribution in [0, 0.1) is 0 Å². The third kappa shape index (κ3) is 4.53. The molecule has 6 heteroatoms. The predicted molar refractivity (Wildman–Crippen MR) is 94.0 cm³/mol. The fourth-order valence-corrected chi connectivity index (χ4v) is 3.07. The smallest absolute Gasteiger partial charge is 0.359 e. The molecule has 1 N–H and O–H groups in total. The number of ether oxygens (including phenoxy) is 1. The number of amides is 1. The third-order valence-corrected chi connectivity index (χ3v) is 4.51. The number of carbonyl (C=O) groups is 2. The van der Waals surface area contributed by atoms with E-state index in [4.69, 9.17) is 4.74 Å². The minimum atomic E-state index is -0.857. The Hall–Kier alpha value is -2.50. The van der Waals surface area contributed by atoms with E-state index in [0.717, 1.165) is 25.7 Å². The van der Waals surface area contributed by atoms with E-state index in [9.17, 15) is 9.59 Å². The molecule has 1 aromatic heterocycles. The monoisotopic (exact) mass is 341 g/mol. The molecule has 3 rings (SSSR count). The first-order valence-corrected chi connectivity index (χ1v) is 8.86. The molecule has 0 radical (unpaired) electrons. The molecular formula is C19H23N3O3. The summed E-state index contributed by atoms with van der Waals surface area (Å²) in [6, 6.07) is 7.46. The summed E-state index contributed by atoms with van der Waals surface area (Å²) in [5, 5.41) is 2.99. The van der Waals surface area contributed by atoms with Crippen LogP contribution in [-0.4, -0.2) is 34.0 Å². The van der Waals surface area contributed by atoms with Gasteiger partial charge in [0.15, 0.2) is 11.8 Å². The normalized spacial score (nSPS) is 16.8. The number of esters is 1. The van der Waals surface area contributed by atoms with E-state index in [0.29, 0.717) is 11.0 Å². The third-order valence-electron chi connectivity index (χ3n) is 4.51. The zero-order valence-electron chi connectivity index (χ0n) is 14.4. The number of benzene rings is 1. The number of rotatable bonds is 4. The molecule has 1 aliphatic rings. The first-order valence-electron chi connectivity index (χ1n) is 8.86. The molecule has 1 aliphatic carbocycles.